The van der Waals surface area contributed by atoms with Crippen LogP contribution in [0.5, 0.6) is 0 Å². The van der Waals surface area contributed by atoms with Gasteiger partial charge in [0, 0.05) is 19.3 Å². The molecule has 0 aromatic carbocycles. The van der Waals surface area contributed by atoms with Gasteiger partial charge >= 0.3 is 5.97 Å². The number of unbranched alkanes of at least 4 members (excludes halogenated alkanes) is 1. The summed E-state index contributed by atoms with van der Waals surface area (Å²) in [7, 11) is 5.64. The first-order valence-corrected chi connectivity index (χ1v) is 11.1. The lowest BCUT2D eigenvalue weighted by atomic mass is 10.1. The largest absolute Gasteiger partial charge is 0.480 e. The van der Waals surface area contributed by atoms with E-state index in [1.165, 1.54) is 0 Å². The molecule has 0 spiro atoms. The van der Waals surface area contributed by atoms with Crippen molar-refractivity contribution in [1.82, 2.24) is 15.5 Å². The van der Waals surface area contributed by atoms with E-state index in [1.54, 1.807) is 18.8 Å². The molecule has 0 aliphatic carbocycles. The summed E-state index contributed by atoms with van der Waals surface area (Å²) in [6.45, 7) is 2.05. The molecule has 1 heterocycles. The van der Waals surface area contributed by atoms with Crippen molar-refractivity contribution in [2.75, 3.05) is 40.0 Å². The molecule has 0 fully saturated rings. The molecule has 31 heavy (non-hydrogen) atoms. The van der Waals surface area contributed by atoms with Gasteiger partial charge in [-0.15, -0.1) is 0 Å². The SMILES string of the molecule is CN/C(=C/[N+](=O)[O-])NCCSCc1ccc(CN(C)C)o1.NCCCCC(N)C(=O)O. The molecule has 0 saturated carbocycles. The van der Waals surface area contributed by atoms with Crippen molar-refractivity contribution in [1.29, 1.82) is 0 Å². The van der Waals surface area contributed by atoms with Crippen LogP contribution in [0.25, 0.3) is 0 Å². The highest BCUT2D eigenvalue weighted by molar-refractivity contribution is 7.98. The number of thioether (sulfide) groups is 1. The summed E-state index contributed by atoms with van der Waals surface area (Å²) in [5.41, 5.74) is 10.4. The number of hydrogen-bond acceptors (Lipinski definition) is 10. The minimum absolute atomic E-state index is 0.409. The van der Waals surface area contributed by atoms with E-state index < -0.39 is 16.9 Å². The average molecular weight is 461 g/mol. The quantitative estimate of drug-likeness (QED) is 0.143. The van der Waals surface area contributed by atoms with E-state index in [4.69, 9.17) is 21.0 Å². The van der Waals surface area contributed by atoms with Crippen LogP contribution >= 0.6 is 11.8 Å². The topological polar surface area (TPSA) is 173 Å². The number of aliphatic carboxylic acids is 1. The lowest BCUT2D eigenvalue weighted by Gasteiger charge is -2.07. The number of nitrogens with one attached hydrogen (secondary N) is 2. The first-order valence-electron chi connectivity index (χ1n) is 9.95. The second-order valence-corrected chi connectivity index (χ2v) is 8.00. The van der Waals surface area contributed by atoms with Crippen LogP contribution in [0, 0.1) is 10.1 Å². The van der Waals surface area contributed by atoms with Crippen LogP contribution in [0.2, 0.25) is 0 Å². The molecule has 0 aliphatic rings. The summed E-state index contributed by atoms with van der Waals surface area (Å²) in [6.07, 6.45) is 3.09. The summed E-state index contributed by atoms with van der Waals surface area (Å²) in [6, 6.07) is 3.27. The lowest BCUT2D eigenvalue weighted by molar-refractivity contribution is -0.404. The maximum atomic E-state index is 10.3. The second kappa shape index (κ2) is 17.4. The predicted octanol–water partition coefficient (Wildman–Crippen LogP) is 0.986. The smallest absolute Gasteiger partial charge is 0.320 e. The highest BCUT2D eigenvalue weighted by atomic mass is 32.2. The molecule has 1 aromatic rings. The minimum atomic E-state index is -0.933. The van der Waals surface area contributed by atoms with Gasteiger partial charge in [0.25, 0.3) is 6.20 Å². The molecule has 0 aliphatic heterocycles. The molecule has 0 bridgehead atoms. The molecule has 12 heteroatoms. The molecule has 0 amide bonds. The average Bonchev–Trinajstić information content (AvgIpc) is 3.13. The number of nitrogens with two attached hydrogens (primary N) is 2. The summed E-state index contributed by atoms with van der Waals surface area (Å²) >= 11 is 1.72. The third-order valence-electron chi connectivity index (χ3n) is 3.79. The Morgan fingerprint density at radius 3 is 2.61 bits per heavy atom. The van der Waals surface area contributed by atoms with E-state index in [9.17, 15) is 14.9 Å². The standard InChI is InChI=1S/C13H22N4O3S.C6H14N2O2/c1-14-13(9-17(18)19)15-6-7-21-10-12-5-4-11(20-12)8-16(2)3;7-4-2-1-3-5(8)6(9)10/h4-5,9,14-15H,6-8,10H2,1-3H3;5H,1-4,7-8H2,(H,9,10)/b13-9-;. The van der Waals surface area contributed by atoms with Gasteiger partial charge in [0.05, 0.1) is 17.2 Å². The van der Waals surface area contributed by atoms with Gasteiger partial charge in [-0.25, -0.2) is 0 Å². The summed E-state index contributed by atoms with van der Waals surface area (Å²) < 4.78 is 5.70. The van der Waals surface area contributed by atoms with E-state index in [2.05, 4.69) is 15.5 Å². The Kier molecular flexibility index (Phi) is 16.1. The minimum Gasteiger partial charge on any atom is -0.480 e. The number of furan rings is 1. The highest BCUT2D eigenvalue weighted by Crippen LogP contribution is 2.15. The van der Waals surface area contributed by atoms with Crippen LogP contribution in [0.3, 0.4) is 0 Å². The van der Waals surface area contributed by atoms with Crippen molar-refractivity contribution in [2.24, 2.45) is 11.5 Å². The first-order chi connectivity index (χ1) is 14.7. The number of nitrogens with zero attached hydrogens (tertiary/aromatic N) is 2. The zero-order valence-electron chi connectivity index (χ0n) is 18.5. The molecule has 11 nitrogen and oxygen atoms in total. The number of carbonyl (C=O) groups is 1. The van der Waals surface area contributed by atoms with Gasteiger partial charge in [-0.1, -0.05) is 6.42 Å². The first kappa shape index (κ1) is 28.7. The molecule has 1 unspecified atom stereocenters. The van der Waals surface area contributed by atoms with Gasteiger partial charge in [-0.2, -0.15) is 11.8 Å². The Hall–Kier alpha value is -2.28. The monoisotopic (exact) mass is 460 g/mol. The molecule has 1 atom stereocenters. The molecule has 1 aromatic heterocycles. The van der Waals surface area contributed by atoms with Crippen LogP contribution in [-0.2, 0) is 17.1 Å². The van der Waals surface area contributed by atoms with Gasteiger partial charge in [-0.3, -0.25) is 14.9 Å². The van der Waals surface area contributed by atoms with E-state index in [0.717, 1.165) is 48.6 Å². The zero-order chi connectivity index (χ0) is 23.6. The Morgan fingerprint density at radius 1 is 1.39 bits per heavy atom. The van der Waals surface area contributed by atoms with Crippen LogP contribution in [0.15, 0.2) is 28.6 Å². The van der Waals surface area contributed by atoms with Crippen molar-refractivity contribution in [3.8, 4) is 0 Å². The predicted molar refractivity (Wildman–Crippen MR) is 123 cm³/mol. The fraction of sp³-hybridized carbons (Fsp3) is 0.632. The molecule has 0 saturated heterocycles. The molecule has 0 radical (unpaired) electrons. The number of hydrogen-bond donors (Lipinski definition) is 5. The fourth-order valence-electron chi connectivity index (χ4n) is 2.26. The van der Waals surface area contributed by atoms with Crippen molar-refractivity contribution >= 4 is 17.7 Å². The molecule has 7 N–H and O–H groups in total. The lowest BCUT2D eigenvalue weighted by Crippen LogP contribution is -2.29. The van der Waals surface area contributed by atoms with Gasteiger partial charge in [0.15, 0.2) is 5.82 Å². The Morgan fingerprint density at radius 2 is 2.06 bits per heavy atom. The maximum Gasteiger partial charge on any atom is 0.320 e. The Bertz CT molecular complexity index is 668. The van der Waals surface area contributed by atoms with Crippen molar-refractivity contribution < 1.29 is 19.2 Å². The van der Waals surface area contributed by atoms with Crippen molar-refractivity contribution in [2.45, 2.75) is 37.6 Å². The summed E-state index contributed by atoms with van der Waals surface area (Å²) in [5, 5.41) is 24.4. The van der Waals surface area contributed by atoms with Gasteiger partial charge < -0.3 is 36.5 Å². The Labute approximate surface area is 187 Å². The maximum absolute atomic E-state index is 10.3. The second-order valence-electron chi connectivity index (χ2n) is 6.89. The number of rotatable bonds is 15. The number of nitro groups is 1. The van der Waals surface area contributed by atoms with E-state index in [-0.39, 0.29) is 0 Å². The number of carboxylic acids is 1. The Balaban J connectivity index is 0.000000759. The van der Waals surface area contributed by atoms with Crippen LogP contribution in [0.4, 0.5) is 0 Å². The van der Waals surface area contributed by atoms with E-state index in [0.29, 0.717) is 25.3 Å². The van der Waals surface area contributed by atoms with Crippen molar-refractivity contribution in [3.05, 3.63) is 45.8 Å². The van der Waals surface area contributed by atoms with Crippen LogP contribution < -0.4 is 22.1 Å². The molecule has 178 valence electrons. The van der Waals surface area contributed by atoms with Gasteiger partial charge in [0.2, 0.25) is 0 Å². The third kappa shape index (κ3) is 16.1. The zero-order valence-corrected chi connectivity index (χ0v) is 19.3. The summed E-state index contributed by atoms with van der Waals surface area (Å²) in [4.78, 5) is 22.1. The van der Waals surface area contributed by atoms with Gasteiger partial charge in [0.1, 0.15) is 17.6 Å². The fourth-order valence-corrected chi connectivity index (χ4v) is 3.01. The molecular weight excluding hydrogens is 424 g/mol. The summed E-state index contributed by atoms with van der Waals surface area (Å²) in [5.74, 6) is 3.01. The molecule has 1 rings (SSSR count). The third-order valence-corrected chi connectivity index (χ3v) is 4.77. The van der Waals surface area contributed by atoms with Crippen LogP contribution in [-0.4, -0.2) is 66.9 Å². The van der Waals surface area contributed by atoms with E-state index >= 15 is 0 Å². The number of carboxylic acid groups (broad SMARTS) is 1. The van der Waals surface area contributed by atoms with Crippen LogP contribution in [0.1, 0.15) is 30.8 Å². The normalized spacial score (nSPS) is 12.1. The van der Waals surface area contributed by atoms with Crippen molar-refractivity contribution in [3.63, 3.8) is 0 Å². The highest BCUT2D eigenvalue weighted by Gasteiger charge is 2.09. The molecular formula is C19H36N6O5S. The van der Waals surface area contributed by atoms with Gasteiger partial charge in [-0.05, 0) is 45.6 Å². The van der Waals surface area contributed by atoms with E-state index in [1.807, 2.05) is 26.2 Å².